The molecule has 0 atom stereocenters. The number of rotatable bonds is 6. The van der Waals surface area contributed by atoms with Crippen molar-refractivity contribution in [2.24, 2.45) is 0 Å². The van der Waals surface area contributed by atoms with E-state index in [0.29, 0.717) is 17.1 Å². The van der Waals surface area contributed by atoms with Crippen molar-refractivity contribution in [3.05, 3.63) is 96.8 Å². The van der Waals surface area contributed by atoms with Gasteiger partial charge in [0.25, 0.3) is 23.2 Å². The van der Waals surface area contributed by atoms with Crippen LogP contribution in [0, 0.1) is 34.1 Å². The molecule has 4 rings (SSSR count). The van der Waals surface area contributed by atoms with Crippen LogP contribution in [-0.4, -0.2) is 43.5 Å². The summed E-state index contributed by atoms with van der Waals surface area (Å²) in [5.74, 6) is -1.99. The summed E-state index contributed by atoms with van der Waals surface area (Å²) in [7, 11) is 0. The zero-order chi connectivity index (χ0) is 24.0. The fourth-order valence-electron chi connectivity index (χ4n) is 3.95. The Labute approximate surface area is 186 Å². The van der Waals surface area contributed by atoms with Crippen LogP contribution in [0.4, 0.5) is 11.4 Å². The Bertz CT molecular complexity index is 1390. The van der Waals surface area contributed by atoms with E-state index in [1.165, 1.54) is 24.3 Å². The highest BCUT2D eigenvalue weighted by Gasteiger charge is 2.38. The van der Waals surface area contributed by atoms with Gasteiger partial charge in [-0.05, 0) is 32.0 Å². The third-order valence-electron chi connectivity index (χ3n) is 5.50. The first kappa shape index (κ1) is 21.6. The van der Waals surface area contributed by atoms with Crippen LogP contribution in [0.1, 0.15) is 42.5 Å². The molecule has 2 amide bonds. The van der Waals surface area contributed by atoms with Gasteiger partial charge in [-0.1, -0.05) is 6.07 Å². The maximum atomic E-state index is 13.0. The molecule has 166 valence electrons. The lowest BCUT2D eigenvalue weighted by molar-refractivity contribution is -0.385. The molecular formula is C22H16N4O7. The van der Waals surface area contributed by atoms with E-state index in [0.717, 1.165) is 17.0 Å². The summed E-state index contributed by atoms with van der Waals surface area (Å²) in [5, 5.41) is 22.1. The van der Waals surface area contributed by atoms with Gasteiger partial charge >= 0.3 is 0 Å². The normalized spacial score (nSPS) is 12.7. The van der Waals surface area contributed by atoms with Gasteiger partial charge in [0.05, 0.1) is 33.2 Å². The van der Waals surface area contributed by atoms with E-state index in [2.05, 4.69) is 0 Å². The summed E-state index contributed by atoms with van der Waals surface area (Å²) < 4.78 is 1.67. The zero-order valence-electron chi connectivity index (χ0n) is 17.5. The summed E-state index contributed by atoms with van der Waals surface area (Å²) in [6, 6.07) is 10.9. The van der Waals surface area contributed by atoms with Crippen LogP contribution >= 0.6 is 0 Å². The minimum Gasteiger partial charge on any atom is -0.318 e. The average molecular weight is 448 g/mol. The van der Waals surface area contributed by atoms with Crippen molar-refractivity contribution < 1.29 is 24.2 Å². The number of amides is 2. The van der Waals surface area contributed by atoms with Crippen LogP contribution in [0.25, 0.3) is 5.69 Å². The van der Waals surface area contributed by atoms with E-state index < -0.39 is 34.0 Å². The van der Waals surface area contributed by atoms with Gasteiger partial charge in [-0.15, -0.1) is 0 Å². The number of aromatic nitrogens is 1. The predicted molar refractivity (Wildman–Crippen MR) is 115 cm³/mol. The van der Waals surface area contributed by atoms with Crippen LogP contribution in [-0.2, 0) is 0 Å². The Hall–Kier alpha value is -4.67. The third-order valence-corrected chi connectivity index (χ3v) is 5.50. The lowest BCUT2D eigenvalue weighted by atomic mass is 10.1. The number of nitro benzene ring substituents is 2. The lowest BCUT2D eigenvalue weighted by Crippen LogP contribution is -2.35. The van der Waals surface area contributed by atoms with Crippen molar-refractivity contribution in [2.45, 2.75) is 13.8 Å². The first-order valence-corrected chi connectivity index (χ1v) is 9.71. The highest BCUT2D eigenvalue weighted by molar-refractivity contribution is 6.23. The molecule has 2 aromatic carbocycles. The molecule has 33 heavy (non-hydrogen) atoms. The van der Waals surface area contributed by atoms with Crippen molar-refractivity contribution >= 4 is 29.0 Å². The van der Waals surface area contributed by atoms with Crippen molar-refractivity contribution in [3.63, 3.8) is 0 Å². The molecule has 0 unspecified atom stereocenters. The molecule has 1 aliphatic rings. The summed E-state index contributed by atoms with van der Waals surface area (Å²) >= 11 is 0. The smallest absolute Gasteiger partial charge is 0.271 e. The molecule has 3 aromatic rings. The second-order valence-corrected chi connectivity index (χ2v) is 7.50. The van der Waals surface area contributed by atoms with Crippen molar-refractivity contribution in [1.82, 2.24) is 9.47 Å². The number of fused-ring (bicyclic) bond motifs is 1. The fraction of sp³-hybridized carbons (Fsp3) is 0.136. The van der Waals surface area contributed by atoms with Gasteiger partial charge in [0, 0.05) is 41.2 Å². The van der Waals surface area contributed by atoms with Crippen molar-refractivity contribution in [3.8, 4) is 5.69 Å². The van der Waals surface area contributed by atoms with E-state index >= 15 is 0 Å². The highest BCUT2D eigenvalue weighted by Crippen LogP contribution is 2.28. The van der Waals surface area contributed by atoms with Gasteiger partial charge < -0.3 is 4.57 Å². The number of aryl methyl sites for hydroxylation is 1. The van der Waals surface area contributed by atoms with E-state index in [9.17, 15) is 34.6 Å². The molecule has 0 radical (unpaired) electrons. The highest BCUT2D eigenvalue weighted by atomic mass is 16.6. The molecule has 0 saturated carbocycles. The molecule has 0 aliphatic carbocycles. The van der Waals surface area contributed by atoms with Crippen molar-refractivity contribution in [2.75, 3.05) is 6.54 Å². The van der Waals surface area contributed by atoms with Gasteiger partial charge in [0.2, 0.25) is 0 Å². The minimum absolute atomic E-state index is 0.000433. The molecule has 0 bridgehead atoms. The van der Waals surface area contributed by atoms with Crippen LogP contribution < -0.4 is 0 Å². The number of imide groups is 1. The van der Waals surface area contributed by atoms with Crippen LogP contribution in [0.3, 0.4) is 0 Å². The molecule has 0 spiro atoms. The molecule has 11 heteroatoms. The topological polar surface area (TPSA) is 146 Å². The number of nitrogens with zero attached hydrogens (tertiary/aromatic N) is 4. The van der Waals surface area contributed by atoms with E-state index in [4.69, 9.17) is 0 Å². The second-order valence-electron chi connectivity index (χ2n) is 7.50. The first-order valence-electron chi connectivity index (χ1n) is 9.71. The van der Waals surface area contributed by atoms with Gasteiger partial charge in [0.15, 0.2) is 5.78 Å². The molecular weight excluding hydrogens is 432 g/mol. The van der Waals surface area contributed by atoms with Gasteiger partial charge in [-0.25, -0.2) is 0 Å². The number of carbonyl (C=O) groups is 3. The standard InChI is InChI=1S/C22H16N4O7/c1-12-8-18(13(2)24(12)14-4-3-5-15(9-14)25(30)31)20(27)11-23-21(28)17-7-6-16(26(32)33)10-19(17)22(23)29/h3-10H,11H2,1-2H3. The summed E-state index contributed by atoms with van der Waals surface area (Å²) in [6.45, 7) is 2.84. The second kappa shape index (κ2) is 7.79. The fourth-order valence-corrected chi connectivity index (χ4v) is 3.95. The number of non-ortho nitro benzene ring substituents is 2. The van der Waals surface area contributed by atoms with Crippen LogP contribution in [0.15, 0.2) is 48.5 Å². The molecule has 0 N–H and O–H groups in total. The number of carbonyl (C=O) groups excluding carboxylic acids is 3. The number of hydrogen-bond donors (Lipinski definition) is 0. The maximum Gasteiger partial charge on any atom is 0.271 e. The summed E-state index contributed by atoms with van der Waals surface area (Å²) in [4.78, 5) is 60.0. The number of Topliss-reactive ketones (excluding diaryl/α,β-unsaturated/α-hetero) is 1. The van der Waals surface area contributed by atoms with Gasteiger partial charge in [0.1, 0.15) is 0 Å². The summed E-state index contributed by atoms with van der Waals surface area (Å²) in [5.41, 5.74) is 1.31. The zero-order valence-corrected chi connectivity index (χ0v) is 17.5. The van der Waals surface area contributed by atoms with Crippen LogP contribution in [0.5, 0.6) is 0 Å². The Morgan fingerprint density at radius 1 is 0.879 bits per heavy atom. The summed E-state index contributed by atoms with van der Waals surface area (Å²) in [6.07, 6.45) is 0. The quantitative estimate of drug-likeness (QED) is 0.243. The maximum absolute atomic E-state index is 13.0. The molecule has 11 nitrogen and oxygen atoms in total. The Morgan fingerprint density at radius 2 is 1.52 bits per heavy atom. The van der Waals surface area contributed by atoms with Gasteiger partial charge in [-0.3, -0.25) is 39.5 Å². The average Bonchev–Trinajstić information content (AvgIpc) is 3.21. The molecule has 2 heterocycles. The first-order chi connectivity index (χ1) is 15.6. The SMILES string of the molecule is Cc1cc(C(=O)CN2C(=O)c3ccc([N+](=O)[O-])cc3C2=O)c(C)n1-c1cccc([N+](=O)[O-])c1. The third kappa shape index (κ3) is 3.55. The largest absolute Gasteiger partial charge is 0.318 e. The Morgan fingerprint density at radius 3 is 2.18 bits per heavy atom. The Balaban J connectivity index is 1.64. The van der Waals surface area contributed by atoms with Crippen molar-refractivity contribution in [1.29, 1.82) is 0 Å². The molecule has 0 fully saturated rings. The number of hydrogen-bond acceptors (Lipinski definition) is 7. The number of ketones is 1. The molecule has 1 aliphatic heterocycles. The van der Waals surface area contributed by atoms with E-state index in [1.807, 2.05) is 0 Å². The van der Waals surface area contributed by atoms with E-state index in [-0.39, 0.29) is 28.1 Å². The van der Waals surface area contributed by atoms with E-state index in [1.54, 1.807) is 30.5 Å². The minimum atomic E-state index is -0.778. The molecule has 1 aromatic heterocycles. The predicted octanol–water partition coefficient (Wildman–Crippen LogP) is 3.39. The molecule has 0 saturated heterocycles. The number of nitro groups is 2. The lowest BCUT2D eigenvalue weighted by Gasteiger charge is -2.13. The van der Waals surface area contributed by atoms with Gasteiger partial charge in [-0.2, -0.15) is 0 Å². The monoisotopic (exact) mass is 448 g/mol. The number of benzene rings is 2. The Kier molecular flexibility index (Phi) is 5.09. The van der Waals surface area contributed by atoms with Crippen LogP contribution in [0.2, 0.25) is 0 Å².